The lowest BCUT2D eigenvalue weighted by Gasteiger charge is -2.22. The minimum absolute atomic E-state index is 0.0277. The van der Waals surface area contributed by atoms with Gasteiger partial charge in [-0.25, -0.2) is 0 Å². The Hall–Kier alpha value is -2.86. The number of hydrogen-bond acceptors (Lipinski definition) is 4. The Kier molecular flexibility index (Phi) is 5.86. The first kappa shape index (κ1) is 17.9. The van der Waals surface area contributed by atoms with Crippen LogP contribution in [-0.4, -0.2) is 31.5 Å². The fourth-order valence-electron chi connectivity index (χ4n) is 2.89. The molecule has 0 spiro atoms. The van der Waals surface area contributed by atoms with E-state index in [0.717, 1.165) is 31.6 Å². The molecule has 136 valence electrons. The van der Waals surface area contributed by atoms with Crippen LogP contribution in [0.1, 0.15) is 29.6 Å². The van der Waals surface area contributed by atoms with E-state index in [4.69, 9.17) is 4.74 Å². The number of rotatable bonds is 5. The number of carbonyl (C=O) groups excluding carboxylic acids is 2. The first-order chi connectivity index (χ1) is 12.7. The fraction of sp³-hybridized carbons (Fsp3) is 0.300. The number of nitrogens with one attached hydrogen (secondary N) is 3. The molecule has 3 rings (SSSR count). The Morgan fingerprint density at radius 3 is 2.23 bits per heavy atom. The average Bonchev–Trinajstić information content (AvgIpc) is 2.69. The van der Waals surface area contributed by atoms with Crippen molar-refractivity contribution in [3.8, 4) is 5.75 Å². The molecule has 0 aromatic heterocycles. The summed E-state index contributed by atoms with van der Waals surface area (Å²) in [4.78, 5) is 24.5. The maximum absolute atomic E-state index is 12.3. The van der Waals surface area contributed by atoms with E-state index in [1.807, 2.05) is 0 Å². The zero-order chi connectivity index (χ0) is 18.4. The highest BCUT2D eigenvalue weighted by atomic mass is 16.5. The van der Waals surface area contributed by atoms with Crippen LogP contribution in [-0.2, 0) is 4.79 Å². The van der Waals surface area contributed by atoms with Crippen LogP contribution in [0, 0.1) is 0 Å². The van der Waals surface area contributed by atoms with Crippen LogP contribution in [0.4, 0.5) is 11.4 Å². The zero-order valence-electron chi connectivity index (χ0n) is 14.7. The Morgan fingerprint density at radius 1 is 0.962 bits per heavy atom. The molecule has 1 saturated heterocycles. The highest BCUT2D eigenvalue weighted by molar-refractivity contribution is 6.04. The number of carbonyl (C=O) groups is 2. The molecule has 1 atom stereocenters. The maximum atomic E-state index is 12.3. The lowest BCUT2D eigenvalue weighted by molar-refractivity contribution is -0.118. The number of methoxy groups -OCH3 is 1. The normalized spacial score (nSPS) is 16.6. The summed E-state index contributed by atoms with van der Waals surface area (Å²) in [7, 11) is 1.60. The van der Waals surface area contributed by atoms with Gasteiger partial charge in [-0.1, -0.05) is 6.42 Å². The molecule has 6 nitrogen and oxygen atoms in total. The van der Waals surface area contributed by atoms with Gasteiger partial charge >= 0.3 is 0 Å². The van der Waals surface area contributed by atoms with Crippen molar-refractivity contribution in [2.24, 2.45) is 0 Å². The van der Waals surface area contributed by atoms with Crippen LogP contribution in [0.5, 0.6) is 5.75 Å². The molecule has 6 heteroatoms. The van der Waals surface area contributed by atoms with Gasteiger partial charge in [-0.2, -0.15) is 0 Å². The third kappa shape index (κ3) is 4.61. The Morgan fingerprint density at radius 2 is 1.62 bits per heavy atom. The highest BCUT2D eigenvalue weighted by Crippen LogP contribution is 2.17. The van der Waals surface area contributed by atoms with Gasteiger partial charge in [0, 0.05) is 16.9 Å². The molecule has 3 N–H and O–H groups in total. The van der Waals surface area contributed by atoms with Gasteiger partial charge in [-0.05, 0) is 67.9 Å². The first-order valence-electron chi connectivity index (χ1n) is 8.75. The van der Waals surface area contributed by atoms with E-state index in [9.17, 15) is 9.59 Å². The van der Waals surface area contributed by atoms with E-state index < -0.39 is 0 Å². The standard InChI is InChI=1S/C20H23N3O3/c1-26-17-11-9-16(10-12-17)22-19(24)14-5-7-15(8-6-14)23-20(25)18-4-2-3-13-21-18/h5-12,18,21H,2-4,13H2,1H3,(H,22,24)(H,23,25). The average molecular weight is 353 g/mol. The lowest BCUT2D eigenvalue weighted by atomic mass is 10.0. The van der Waals surface area contributed by atoms with Gasteiger partial charge in [0.05, 0.1) is 13.2 Å². The molecule has 1 aliphatic heterocycles. The summed E-state index contributed by atoms with van der Waals surface area (Å²) in [6.07, 6.45) is 3.03. The number of piperidine rings is 1. The molecule has 2 amide bonds. The third-order valence-electron chi connectivity index (χ3n) is 4.39. The highest BCUT2D eigenvalue weighted by Gasteiger charge is 2.20. The topological polar surface area (TPSA) is 79.5 Å². The number of amides is 2. The summed E-state index contributed by atoms with van der Waals surface area (Å²) in [6, 6.07) is 13.9. The fourth-order valence-corrected chi connectivity index (χ4v) is 2.89. The predicted octanol–water partition coefficient (Wildman–Crippen LogP) is 3.03. The van der Waals surface area contributed by atoms with Gasteiger partial charge in [0.25, 0.3) is 5.91 Å². The summed E-state index contributed by atoms with van der Waals surface area (Å²) in [5.74, 6) is 0.498. The summed E-state index contributed by atoms with van der Waals surface area (Å²) in [5, 5.41) is 8.94. The summed E-state index contributed by atoms with van der Waals surface area (Å²) in [5.41, 5.74) is 1.90. The molecule has 0 bridgehead atoms. The molecular formula is C20H23N3O3. The number of anilines is 2. The second kappa shape index (κ2) is 8.49. The molecule has 1 unspecified atom stereocenters. The van der Waals surface area contributed by atoms with Gasteiger partial charge in [0.2, 0.25) is 5.91 Å². The van der Waals surface area contributed by atoms with Crippen LogP contribution in [0.2, 0.25) is 0 Å². The van der Waals surface area contributed by atoms with Crippen molar-refractivity contribution in [2.75, 3.05) is 24.3 Å². The van der Waals surface area contributed by atoms with Crippen molar-refractivity contribution in [2.45, 2.75) is 25.3 Å². The van der Waals surface area contributed by atoms with Gasteiger partial charge in [0.15, 0.2) is 0 Å². The Balaban J connectivity index is 1.57. The molecule has 2 aromatic rings. The molecule has 0 radical (unpaired) electrons. The number of ether oxygens (including phenoxy) is 1. The van der Waals surface area contributed by atoms with Crippen LogP contribution in [0.15, 0.2) is 48.5 Å². The molecule has 1 aliphatic rings. The number of benzene rings is 2. The van der Waals surface area contributed by atoms with Crippen molar-refractivity contribution in [3.63, 3.8) is 0 Å². The Bertz CT molecular complexity index is 751. The summed E-state index contributed by atoms with van der Waals surface area (Å²) < 4.78 is 5.10. The smallest absolute Gasteiger partial charge is 0.255 e. The zero-order valence-corrected chi connectivity index (χ0v) is 14.7. The Labute approximate surface area is 152 Å². The molecular weight excluding hydrogens is 330 g/mol. The molecule has 26 heavy (non-hydrogen) atoms. The number of hydrogen-bond donors (Lipinski definition) is 3. The predicted molar refractivity (Wildman–Crippen MR) is 102 cm³/mol. The summed E-state index contributed by atoms with van der Waals surface area (Å²) >= 11 is 0. The first-order valence-corrected chi connectivity index (χ1v) is 8.75. The SMILES string of the molecule is COc1ccc(NC(=O)c2ccc(NC(=O)C3CCCCN3)cc2)cc1. The van der Waals surface area contributed by atoms with E-state index in [2.05, 4.69) is 16.0 Å². The largest absolute Gasteiger partial charge is 0.497 e. The molecule has 2 aromatic carbocycles. The van der Waals surface area contributed by atoms with Gasteiger partial charge < -0.3 is 20.7 Å². The van der Waals surface area contributed by atoms with Gasteiger partial charge in [0.1, 0.15) is 5.75 Å². The molecule has 1 heterocycles. The van der Waals surface area contributed by atoms with Crippen LogP contribution in [0.3, 0.4) is 0 Å². The van der Waals surface area contributed by atoms with Crippen LogP contribution in [0.25, 0.3) is 0 Å². The molecule has 0 saturated carbocycles. The molecule has 1 fully saturated rings. The van der Waals surface area contributed by atoms with Crippen molar-refractivity contribution >= 4 is 23.2 Å². The van der Waals surface area contributed by atoms with Crippen molar-refractivity contribution in [1.82, 2.24) is 5.32 Å². The third-order valence-corrected chi connectivity index (χ3v) is 4.39. The lowest BCUT2D eigenvalue weighted by Crippen LogP contribution is -2.43. The van der Waals surface area contributed by atoms with Crippen LogP contribution < -0.4 is 20.7 Å². The van der Waals surface area contributed by atoms with E-state index in [-0.39, 0.29) is 17.9 Å². The van der Waals surface area contributed by atoms with Crippen LogP contribution >= 0.6 is 0 Å². The maximum Gasteiger partial charge on any atom is 0.255 e. The summed E-state index contributed by atoms with van der Waals surface area (Å²) in [6.45, 7) is 0.878. The van der Waals surface area contributed by atoms with Gasteiger partial charge in [-0.15, -0.1) is 0 Å². The van der Waals surface area contributed by atoms with E-state index >= 15 is 0 Å². The van der Waals surface area contributed by atoms with E-state index in [0.29, 0.717) is 16.9 Å². The quantitative estimate of drug-likeness (QED) is 0.772. The van der Waals surface area contributed by atoms with E-state index in [1.54, 1.807) is 55.6 Å². The minimum atomic E-state index is -0.206. The molecule has 0 aliphatic carbocycles. The minimum Gasteiger partial charge on any atom is -0.497 e. The monoisotopic (exact) mass is 353 g/mol. The van der Waals surface area contributed by atoms with Crippen molar-refractivity contribution in [3.05, 3.63) is 54.1 Å². The second-order valence-corrected chi connectivity index (χ2v) is 6.25. The van der Waals surface area contributed by atoms with E-state index in [1.165, 1.54) is 0 Å². The van der Waals surface area contributed by atoms with Crippen molar-refractivity contribution < 1.29 is 14.3 Å². The second-order valence-electron chi connectivity index (χ2n) is 6.25. The van der Waals surface area contributed by atoms with Crippen molar-refractivity contribution in [1.29, 1.82) is 0 Å². The van der Waals surface area contributed by atoms with Gasteiger partial charge in [-0.3, -0.25) is 9.59 Å².